The zero-order valence-electron chi connectivity index (χ0n) is 10.5. The number of hydrogen-bond acceptors (Lipinski definition) is 2. The lowest BCUT2D eigenvalue weighted by atomic mass is 10.1. The van der Waals surface area contributed by atoms with Gasteiger partial charge in [-0.15, -0.1) is 0 Å². The number of nitrogens with zero attached hydrogens (tertiary/aromatic N) is 2. The van der Waals surface area contributed by atoms with Gasteiger partial charge in [0.25, 0.3) is 0 Å². The summed E-state index contributed by atoms with van der Waals surface area (Å²) in [5, 5.41) is 0. The summed E-state index contributed by atoms with van der Waals surface area (Å²) in [6.45, 7) is 1.97. The number of aromatic nitrogens is 2. The summed E-state index contributed by atoms with van der Waals surface area (Å²) in [4.78, 5) is 4.44. The number of benzene rings is 1. The highest BCUT2D eigenvalue weighted by atomic mass is 79.9. The predicted molar refractivity (Wildman–Crippen MR) is 85.1 cm³/mol. The Bertz CT molecular complexity index is 827. The molecule has 0 atom stereocenters. The van der Waals surface area contributed by atoms with Crippen LogP contribution >= 0.6 is 31.9 Å². The Morgan fingerprint density at radius 1 is 1.25 bits per heavy atom. The van der Waals surface area contributed by atoms with Crippen molar-refractivity contribution in [3.8, 4) is 11.3 Å². The van der Waals surface area contributed by atoms with Gasteiger partial charge in [-0.1, -0.05) is 15.9 Å². The van der Waals surface area contributed by atoms with Gasteiger partial charge < -0.3 is 5.73 Å². The van der Waals surface area contributed by atoms with E-state index in [1.54, 1.807) is 16.5 Å². The van der Waals surface area contributed by atoms with E-state index in [0.29, 0.717) is 22.7 Å². The first-order valence-electron chi connectivity index (χ1n) is 5.86. The Morgan fingerprint density at radius 2 is 2.00 bits per heavy atom. The molecule has 0 radical (unpaired) electrons. The molecular formula is C14H10Br2FN3. The number of aryl methyl sites for hydroxylation is 1. The van der Waals surface area contributed by atoms with Crippen molar-refractivity contribution in [3.05, 3.63) is 50.8 Å². The number of anilines is 1. The molecule has 0 aliphatic carbocycles. The number of fused-ring (bicyclic) bond motifs is 1. The van der Waals surface area contributed by atoms with E-state index < -0.39 is 0 Å². The van der Waals surface area contributed by atoms with Crippen LogP contribution in [0, 0.1) is 12.7 Å². The van der Waals surface area contributed by atoms with Crippen LogP contribution in [0.25, 0.3) is 16.9 Å². The lowest BCUT2D eigenvalue weighted by Crippen LogP contribution is -1.95. The highest BCUT2D eigenvalue weighted by Crippen LogP contribution is 2.32. The maximum Gasteiger partial charge on any atom is 0.139 e. The molecular weight excluding hydrogens is 389 g/mol. The largest absolute Gasteiger partial charge is 0.383 e. The molecule has 0 aliphatic heterocycles. The van der Waals surface area contributed by atoms with E-state index in [-0.39, 0.29) is 5.82 Å². The molecule has 0 fully saturated rings. The van der Waals surface area contributed by atoms with Gasteiger partial charge in [0.05, 0.1) is 0 Å². The van der Waals surface area contributed by atoms with Crippen molar-refractivity contribution in [1.29, 1.82) is 0 Å². The fraction of sp³-hybridized carbons (Fsp3) is 0.0714. The van der Waals surface area contributed by atoms with Crippen LogP contribution in [-0.4, -0.2) is 9.38 Å². The Hall–Kier alpha value is -1.40. The maximum atomic E-state index is 14.0. The second kappa shape index (κ2) is 4.86. The highest BCUT2D eigenvalue weighted by Gasteiger charge is 2.16. The van der Waals surface area contributed by atoms with Crippen LogP contribution in [-0.2, 0) is 0 Å². The minimum absolute atomic E-state index is 0.348. The van der Waals surface area contributed by atoms with Gasteiger partial charge in [-0.05, 0) is 52.7 Å². The van der Waals surface area contributed by atoms with Crippen LogP contribution in [0.5, 0.6) is 0 Å². The van der Waals surface area contributed by atoms with E-state index >= 15 is 0 Å². The third-order valence-electron chi connectivity index (χ3n) is 3.12. The molecule has 0 amide bonds. The fourth-order valence-electron chi connectivity index (χ4n) is 2.06. The summed E-state index contributed by atoms with van der Waals surface area (Å²) in [6.07, 6.45) is 1.84. The van der Waals surface area contributed by atoms with Gasteiger partial charge in [-0.2, -0.15) is 0 Å². The normalized spacial score (nSPS) is 11.2. The van der Waals surface area contributed by atoms with Gasteiger partial charge in [-0.3, -0.25) is 4.40 Å². The number of nitrogen functional groups attached to an aromatic ring is 1. The van der Waals surface area contributed by atoms with Crippen LogP contribution in [0.3, 0.4) is 0 Å². The molecule has 2 heterocycles. The quantitative estimate of drug-likeness (QED) is 0.653. The number of imidazole rings is 1. The number of hydrogen-bond donors (Lipinski definition) is 1. The number of rotatable bonds is 1. The molecule has 20 heavy (non-hydrogen) atoms. The number of nitrogens with two attached hydrogens (primary N) is 1. The van der Waals surface area contributed by atoms with Crippen molar-refractivity contribution in [1.82, 2.24) is 9.38 Å². The molecule has 0 unspecified atom stereocenters. The third kappa shape index (κ3) is 2.13. The van der Waals surface area contributed by atoms with E-state index in [1.807, 2.05) is 19.2 Å². The smallest absolute Gasteiger partial charge is 0.139 e. The third-order valence-corrected chi connectivity index (χ3v) is 4.45. The summed E-state index contributed by atoms with van der Waals surface area (Å²) in [5.74, 6) is 0.0665. The van der Waals surface area contributed by atoms with Gasteiger partial charge in [-0.25, -0.2) is 9.37 Å². The molecule has 0 spiro atoms. The number of halogens is 3. The van der Waals surface area contributed by atoms with Gasteiger partial charge in [0.2, 0.25) is 0 Å². The van der Waals surface area contributed by atoms with Crippen molar-refractivity contribution >= 4 is 43.3 Å². The van der Waals surface area contributed by atoms with Crippen LogP contribution in [0.1, 0.15) is 5.56 Å². The Morgan fingerprint density at radius 3 is 2.75 bits per heavy atom. The monoisotopic (exact) mass is 397 g/mol. The summed E-state index contributed by atoms with van der Waals surface area (Å²) in [7, 11) is 0. The Labute approximate surface area is 131 Å². The summed E-state index contributed by atoms with van der Waals surface area (Å²) < 4.78 is 17.4. The van der Waals surface area contributed by atoms with Crippen molar-refractivity contribution in [2.75, 3.05) is 5.73 Å². The summed E-state index contributed by atoms with van der Waals surface area (Å²) >= 11 is 6.79. The average molecular weight is 399 g/mol. The summed E-state index contributed by atoms with van der Waals surface area (Å²) in [6, 6.07) is 6.62. The molecule has 6 heteroatoms. The van der Waals surface area contributed by atoms with Crippen LogP contribution < -0.4 is 5.73 Å². The number of pyridine rings is 1. The van der Waals surface area contributed by atoms with Crippen LogP contribution in [0.15, 0.2) is 39.4 Å². The predicted octanol–water partition coefficient (Wildman–Crippen LogP) is 4.56. The standard InChI is InChI=1S/C14H10Br2FN3/c1-7-4-12-19-13(14(18)20(12)6-10(7)16)9-5-8(15)2-3-11(9)17/h2-6H,18H2,1H3. The molecule has 102 valence electrons. The van der Waals surface area contributed by atoms with Gasteiger partial charge in [0, 0.05) is 20.7 Å². The van der Waals surface area contributed by atoms with Crippen molar-refractivity contribution in [2.45, 2.75) is 6.92 Å². The van der Waals surface area contributed by atoms with Crippen molar-refractivity contribution < 1.29 is 4.39 Å². The first-order chi connectivity index (χ1) is 9.47. The van der Waals surface area contributed by atoms with E-state index in [9.17, 15) is 4.39 Å². The van der Waals surface area contributed by atoms with Crippen LogP contribution in [0.4, 0.5) is 10.2 Å². The molecule has 0 saturated carbocycles. The lowest BCUT2D eigenvalue weighted by Gasteiger charge is -2.03. The lowest BCUT2D eigenvalue weighted by molar-refractivity contribution is 0.630. The van der Waals surface area contributed by atoms with Gasteiger partial charge in [0.15, 0.2) is 0 Å². The van der Waals surface area contributed by atoms with Crippen LogP contribution in [0.2, 0.25) is 0 Å². The zero-order valence-corrected chi connectivity index (χ0v) is 13.7. The van der Waals surface area contributed by atoms with E-state index in [4.69, 9.17) is 5.73 Å². The highest BCUT2D eigenvalue weighted by molar-refractivity contribution is 9.10. The van der Waals surface area contributed by atoms with Crippen molar-refractivity contribution in [3.63, 3.8) is 0 Å². The van der Waals surface area contributed by atoms with Gasteiger partial charge in [0.1, 0.15) is 23.0 Å². The SMILES string of the molecule is Cc1cc2nc(-c3cc(Br)ccc3F)c(N)n2cc1Br. The maximum absolute atomic E-state index is 14.0. The Balaban J connectivity index is 2.32. The fourth-order valence-corrected chi connectivity index (χ4v) is 2.74. The van der Waals surface area contributed by atoms with Gasteiger partial charge >= 0.3 is 0 Å². The zero-order chi connectivity index (χ0) is 14.4. The average Bonchev–Trinajstić information content (AvgIpc) is 2.70. The first kappa shape index (κ1) is 13.6. The topological polar surface area (TPSA) is 43.3 Å². The minimum Gasteiger partial charge on any atom is -0.383 e. The molecule has 3 nitrogen and oxygen atoms in total. The Kier molecular flexibility index (Phi) is 3.30. The van der Waals surface area contributed by atoms with E-state index in [2.05, 4.69) is 36.8 Å². The molecule has 3 aromatic rings. The molecule has 3 rings (SSSR count). The van der Waals surface area contributed by atoms with Crippen molar-refractivity contribution in [2.24, 2.45) is 0 Å². The first-order valence-corrected chi connectivity index (χ1v) is 7.45. The molecule has 0 saturated heterocycles. The summed E-state index contributed by atoms with van der Waals surface area (Å²) in [5.41, 5.74) is 8.67. The molecule has 2 N–H and O–H groups in total. The second-order valence-electron chi connectivity index (χ2n) is 4.50. The molecule has 0 bridgehead atoms. The molecule has 0 aliphatic rings. The minimum atomic E-state index is -0.348. The molecule has 2 aromatic heterocycles. The second-order valence-corrected chi connectivity index (χ2v) is 6.27. The van der Waals surface area contributed by atoms with E-state index in [0.717, 1.165) is 14.5 Å². The van der Waals surface area contributed by atoms with E-state index in [1.165, 1.54) is 6.07 Å². The molecule has 1 aromatic carbocycles.